The molecule has 0 aromatic carbocycles. The molecule has 0 amide bonds. The van der Waals surface area contributed by atoms with Gasteiger partial charge in [-0.25, -0.2) is 4.98 Å². The summed E-state index contributed by atoms with van der Waals surface area (Å²) in [5.74, 6) is 0.440. The summed E-state index contributed by atoms with van der Waals surface area (Å²) < 4.78 is 0. The lowest BCUT2D eigenvalue weighted by Gasteiger charge is -2.39. The van der Waals surface area contributed by atoms with E-state index in [-0.39, 0.29) is 0 Å². The van der Waals surface area contributed by atoms with Crippen molar-refractivity contribution in [3.63, 3.8) is 0 Å². The largest absolute Gasteiger partial charge is 0.388 e. The molecule has 0 spiro atoms. The van der Waals surface area contributed by atoms with Crippen LogP contribution in [0.2, 0.25) is 0 Å². The minimum Gasteiger partial charge on any atom is -0.388 e. The Kier molecular flexibility index (Phi) is 2.90. The molecule has 4 nitrogen and oxygen atoms in total. The number of pyridine rings is 1. The van der Waals surface area contributed by atoms with Crippen LogP contribution < -0.4 is 11.1 Å². The van der Waals surface area contributed by atoms with Gasteiger partial charge in [-0.1, -0.05) is 0 Å². The molecular formula is C11H19N3O. The summed E-state index contributed by atoms with van der Waals surface area (Å²) in [6.07, 6.45) is 1.64. The van der Waals surface area contributed by atoms with E-state index in [0.29, 0.717) is 5.82 Å². The van der Waals surface area contributed by atoms with Gasteiger partial charge in [0.05, 0.1) is 16.8 Å². The molecule has 0 saturated carbocycles. The van der Waals surface area contributed by atoms with Crippen molar-refractivity contribution in [2.75, 3.05) is 11.1 Å². The number of hydrogen-bond donors (Lipinski definition) is 3. The Hall–Kier alpha value is -1.29. The Morgan fingerprint density at radius 3 is 2.40 bits per heavy atom. The van der Waals surface area contributed by atoms with Crippen LogP contribution in [-0.2, 0) is 0 Å². The summed E-state index contributed by atoms with van der Waals surface area (Å²) in [5.41, 5.74) is 5.12. The van der Waals surface area contributed by atoms with Crippen LogP contribution in [0.3, 0.4) is 0 Å². The van der Waals surface area contributed by atoms with E-state index in [1.165, 1.54) is 0 Å². The Balaban J connectivity index is 2.92. The highest BCUT2D eigenvalue weighted by atomic mass is 16.3. The maximum Gasteiger partial charge on any atom is 0.146 e. The molecule has 0 unspecified atom stereocenters. The van der Waals surface area contributed by atoms with Gasteiger partial charge in [0, 0.05) is 6.20 Å². The minimum absolute atomic E-state index is 0.440. The molecule has 0 saturated heterocycles. The number of nitrogens with two attached hydrogens (primary N) is 1. The van der Waals surface area contributed by atoms with Crippen LogP contribution in [0.5, 0.6) is 0 Å². The van der Waals surface area contributed by atoms with E-state index < -0.39 is 11.1 Å². The first-order valence-electron chi connectivity index (χ1n) is 4.95. The van der Waals surface area contributed by atoms with Gasteiger partial charge in [0.25, 0.3) is 0 Å². The van der Waals surface area contributed by atoms with E-state index in [4.69, 9.17) is 5.73 Å². The van der Waals surface area contributed by atoms with Gasteiger partial charge in [-0.15, -0.1) is 0 Å². The highest BCUT2D eigenvalue weighted by molar-refractivity contribution is 5.62. The lowest BCUT2D eigenvalue weighted by Crippen LogP contribution is -2.51. The summed E-state index contributed by atoms with van der Waals surface area (Å²) in [6, 6.07) is 3.65. The number of hydrogen-bond acceptors (Lipinski definition) is 4. The maximum absolute atomic E-state index is 9.97. The number of anilines is 2. The molecule has 4 heteroatoms. The molecule has 1 rings (SSSR count). The van der Waals surface area contributed by atoms with Crippen molar-refractivity contribution in [1.29, 1.82) is 0 Å². The third-order valence-corrected chi connectivity index (χ3v) is 2.82. The molecule has 0 aliphatic carbocycles. The standard InChI is InChI=1S/C11H19N3O/c1-10(2,11(3,4)15)14-8-6-5-7-13-9(8)12/h5-7,14-15H,1-4H3,(H2,12,13). The van der Waals surface area contributed by atoms with Crippen molar-refractivity contribution >= 4 is 11.5 Å². The molecule has 0 bridgehead atoms. The first-order valence-corrected chi connectivity index (χ1v) is 4.95. The van der Waals surface area contributed by atoms with Gasteiger partial charge in [-0.2, -0.15) is 0 Å². The Morgan fingerprint density at radius 1 is 1.33 bits per heavy atom. The van der Waals surface area contributed by atoms with Crippen molar-refractivity contribution in [2.24, 2.45) is 0 Å². The average Bonchev–Trinajstić information content (AvgIpc) is 2.06. The minimum atomic E-state index is -0.852. The van der Waals surface area contributed by atoms with Crippen molar-refractivity contribution in [2.45, 2.75) is 38.8 Å². The Bertz CT molecular complexity index is 342. The summed E-state index contributed by atoms with van der Waals surface area (Å²) in [7, 11) is 0. The quantitative estimate of drug-likeness (QED) is 0.707. The van der Waals surface area contributed by atoms with Crippen LogP contribution in [0.15, 0.2) is 18.3 Å². The van der Waals surface area contributed by atoms with Crippen molar-refractivity contribution in [3.05, 3.63) is 18.3 Å². The fourth-order valence-electron chi connectivity index (χ4n) is 1.01. The summed E-state index contributed by atoms with van der Waals surface area (Å²) in [5, 5.41) is 13.2. The molecule has 0 radical (unpaired) electrons. The van der Waals surface area contributed by atoms with E-state index in [1.54, 1.807) is 26.1 Å². The number of nitrogens with one attached hydrogen (secondary N) is 1. The normalized spacial score (nSPS) is 12.6. The highest BCUT2D eigenvalue weighted by Crippen LogP contribution is 2.27. The number of nitrogens with zero attached hydrogens (tertiary/aromatic N) is 1. The lowest BCUT2D eigenvalue weighted by atomic mass is 9.86. The van der Waals surface area contributed by atoms with Gasteiger partial charge in [-0.3, -0.25) is 0 Å². The molecule has 84 valence electrons. The third kappa shape index (κ3) is 2.59. The summed E-state index contributed by atoms with van der Waals surface area (Å²) in [6.45, 7) is 7.35. The second-order valence-corrected chi connectivity index (χ2v) is 4.75. The molecule has 15 heavy (non-hydrogen) atoms. The summed E-state index contributed by atoms with van der Waals surface area (Å²) in [4.78, 5) is 3.98. The van der Waals surface area contributed by atoms with Crippen LogP contribution in [0, 0.1) is 0 Å². The molecule has 1 aromatic heterocycles. The van der Waals surface area contributed by atoms with Crippen LogP contribution in [-0.4, -0.2) is 21.2 Å². The van der Waals surface area contributed by atoms with E-state index >= 15 is 0 Å². The Labute approximate surface area is 90.5 Å². The SMILES string of the molecule is CC(C)(O)C(C)(C)Nc1cccnc1N. The number of rotatable bonds is 3. The first kappa shape index (κ1) is 11.8. The maximum atomic E-state index is 9.97. The molecule has 1 aromatic rings. The third-order valence-electron chi connectivity index (χ3n) is 2.82. The van der Waals surface area contributed by atoms with Crippen molar-refractivity contribution in [1.82, 2.24) is 4.98 Å². The van der Waals surface area contributed by atoms with Crippen molar-refractivity contribution in [3.8, 4) is 0 Å². The topological polar surface area (TPSA) is 71.2 Å². The molecule has 0 aliphatic rings. The fourth-order valence-corrected chi connectivity index (χ4v) is 1.01. The second-order valence-electron chi connectivity index (χ2n) is 4.75. The summed E-state index contributed by atoms with van der Waals surface area (Å²) >= 11 is 0. The monoisotopic (exact) mass is 209 g/mol. The number of aliphatic hydroxyl groups is 1. The zero-order valence-electron chi connectivity index (χ0n) is 9.70. The van der Waals surface area contributed by atoms with Crippen LogP contribution in [0.1, 0.15) is 27.7 Å². The van der Waals surface area contributed by atoms with E-state index in [2.05, 4.69) is 10.3 Å². The molecular weight excluding hydrogens is 190 g/mol. The first-order chi connectivity index (χ1) is 6.74. The molecule has 0 atom stereocenters. The van der Waals surface area contributed by atoms with Gasteiger partial charge < -0.3 is 16.2 Å². The predicted octanol–water partition coefficient (Wildman–Crippen LogP) is 1.63. The molecule has 4 N–H and O–H groups in total. The van der Waals surface area contributed by atoms with Gasteiger partial charge in [-0.05, 0) is 39.8 Å². The van der Waals surface area contributed by atoms with E-state index in [0.717, 1.165) is 5.69 Å². The predicted molar refractivity (Wildman–Crippen MR) is 62.6 cm³/mol. The number of aromatic nitrogens is 1. The average molecular weight is 209 g/mol. The van der Waals surface area contributed by atoms with Gasteiger partial charge >= 0.3 is 0 Å². The van der Waals surface area contributed by atoms with Gasteiger partial charge in [0.2, 0.25) is 0 Å². The Morgan fingerprint density at radius 2 is 1.93 bits per heavy atom. The van der Waals surface area contributed by atoms with Crippen LogP contribution in [0.25, 0.3) is 0 Å². The van der Waals surface area contributed by atoms with Crippen LogP contribution in [0.4, 0.5) is 11.5 Å². The molecule has 1 heterocycles. The lowest BCUT2D eigenvalue weighted by molar-refractivity contribution is 0.0241. The highest BCUT2D eigenvalue weighted by Gasteiger charge is 2.35. The van der Waals surface area contributed by atoms with Gasteiger partial charge in [0.15, 0.2) is 0 Å². The smallest absolute Gasteiger partial charge is 0.146 e. The molecule has 0 aliphatic heterocycles. The zero-order valence-corrected chi connectivity index (χ0v) is 9.70. The fraction of sp³-hybridized carbons (Fsp3) is 0.545. The van der Waals surface area contributed by atoms with E-state index in [1.807, 2.05) is 19.9 Å². The van der Waals surface area contributed by atoms with E-state index in [9.17, 15) is 5.11 Å². The number of nitrogen functional groups attached to an aromatic ring is 1. The van der Waals surface area contributed by atoms with Gasteiger partial charge in [0.1, 0.15) is 5.82 Å². The van der Waals surface area contributed by atoms with Crippen molar-refractivity contribution < 1.29 is 5.11 Å². The second kappa shape index (κ2) is 3.70. The van der Waals surface area contributed by atoms with Crippen LogP contribution >= 0.6 is 0 Å². The molecule has 0 fully saturated rings. The zero-order chi connectivity index (χ0) is 11.7.